The molecule has 1 aliphatic heterocycles. The first-order valence-electron chi connectivity index (χ1n) is 6.41. The zero-order valence-corrected chi connectivity index (χ0v) is 12.6. The van der Waals surface area contributed by atoms with Gasteiger partial charge in [0.1, 0.15) is 6.33 Å². The van der Waals surface area contributed by atoms with Gasteiger partial charge in [0.05, 0.1) is 24.0 Å². The number of hydrogen-bond acceptors (Lipinski definition) is 5. The van der Waals surface area contributed by atoms with Gasteiger partial charge in [-0.15, -0.1) is 10.2 Å². The Morgan fingerprint density at radius 3 is 2.95 bits per heavy atom. The number of amides is 1. The topological polar surface area (TPSA) is 60.2 Å². The molecule has 6 nitrogen and oxygen atoms in total. The second kappa shape index (κ2) is 5.92. The summed E-state index contributed by atoms with van der Waals surface area (Å²) in [6.45, 7) is 7.18. The first-order chi connectivity index (χ1) is 8.99. The molecule has 1 aromatic rings. The maximum absolute atomic E-state index is 12.5. The van der Waals surface area contributed by atoms with E-state index in [0.717, 1.165) is 5.16 Å². The van der Waals surface area contributed by atoms with Crippen molar-refractivity contribution < 1.29 is 9.53 Å². The third-order valence-electron chi connectivity index (χ3n) is 3.19. The molecule has 1 saturated heterocycles. The molecule has 7 heteroatoms. The number of thioether (sulfide) groups is 1. The number of aromatic nitrogens is 3. The summed E-state index contributed by atoms with van der Waals surface area (Å²) in [7, 11) is 1.87. The largest absolute Gasteiger partial charge is 0.375 e. The van der Waals surface area contributed by atoms with Gasteiger partial charge in [0.25, 0.3) is 0 Å². The highest BCUT2D eigenvalue weighted by molar-refractivity contribution is 8.00. The Kier molecular flexibility index (Phi) is 4.46. The van der Waals surface area contributed by atoms with Crippen molar-refractivity contribution in [3.63, 3.8) is 0 Å². The number of carbonyl (C=O) groups is 1. The third kappa shape index (κ3) is 3.27. The van der Waals surface area contributed by atoms with E-state index in [2.05, 4.69) is 10.2 Å². The van der Waals surface area contributed by atoms with Gasteiger partial charge < -0.3 is 14.2 Å². The van der Waals surface area contributed by atoms with Crippen LogP contribution in [0.1, 0.15) is 20.8 Å². The highest BCUT2D eigenvalue weighted by Crippen LogP contribution is 2.23. The van der Waals surface area contributed by atoms with Gasteiger partial charge in [-0.1, -0.05) is 11.8 Å². The maximum Gasteiger partial charge on any atom is 0.236 e. The summed E-state index contributed by atoms with van der Waals surface area (Å²) in [5, 5.41) is 8.41. The summed E-state index contributed by atoms with van der Waals surface area (Å²) in [4.78, 5) is 14.4. The monoisotopic (exact) mass is 284 g/mol. The molecule has 0 N–H and O–H groups in total. The molecular formula is C12H20N4O2S. The third-order valence-corrected chi connectivity index (χ3v) is 4.33. The fraction of sp³-hybridized carbons (Fsp3) is 0.750. The molecule has 1 aromatic heterocycles. The SMILES string of the molecule is CC1CN(C(=O)C(C)Sc2nncn2C)C(C)CO1. The number of nitrogens with zero attached hydrogens (tertiary/aromatic N) is 4. The minimum absolute atomic E-state index is 0.104. The van der Waals surface area contributed by atoms with Crippen molar-refractivity contribution in [2.75, 3.05) is 13.2 Å². The molecule has 3 unspecified atom stereocenters. The van der Waals surface area contributed by atoms with E-state index in [1.807, 2.05) is 37.3 Å². The van der Waals surface area contributed by atoms with Crippen molar-refractivity contribution in [1.29, 1.82) is 0 Å². The van der Waals surface area contributed by atoms with Crippen LogP contribution in [0.2, 0.25) is 0 Å². The van der Waals surface area contributed by atoms with Gasteiger partial charge in [0, 0.05) is 13.6 Å². The number of carbonyl (C=O) groups excluding carboxylic acids is 1. The lowest BCUT2D eigenvalue weighted by Gasteiger charge is -2.38. The second-order valence-corrected chi connectivity index (χ2v) is 6.28. The van der Waals surface area contributed by atoms with Crippen LogP contribution in [-0.4, -0.2) is 56.1 Å². The van der Waals surface area contributed by atoms with Crippen LogP contribution in [0.4, 0.5) is 0 Å². The quantitative estimate of drug-likeness (QED) is 0.773. The second-order valence-electron chi connectivity index (χ2n) is 4.97. The lowest BCUT2D eigenvalue weighted by molar-refractivity contribution is -0.142. The van der Waals surface area contributed by atoms with Gasteiger partial charge in [-0.3, -0.25) is 4.79 Å². The number of aryl methyl sites for hydroxylation is 1. The zero-order chi connectivity index (χ0) is 14.0. The molecular weight excluding hydrogens is 264 g/mol. The first-order valence-corrected chi connectivity index (χ1v) is 7.29. The van der Waals surface area contributed by atoms with Crippen LogP contribution in [0.15, 0.2) is 11.5 Å². The molecule has 0 aliphatic carbocycles. The van der Waals surface area contributed by atoms with E-state index in [4.69, 9.17) is 4.74 Å². The Hall–Kier alpha value is -1.08. The van der Waals surface area contributed by atoms with Crippen LogP contribution in [0.25, 0.3) is 0 Å². The normalized spacial score (nSPS) is 25.4. The molecule has 1 aliphatic rings. The van der Waals surface area contributed by atoms with Gasteiger partial charge in [-0.25, -0.2) is 0 Å². The molecule has 2 heterocycles. The minimum atomic E-state index is -0.171. The number of morpholine rings is 1. The average molecular weight is 284 g/mol. The first kappa shape index (κ1) is 14.3. The summed E-state index contributed by atoms with van der Waals surface area (Å²) < 4.78 is 7.37. The van der Waals surface area contributed by atoms with Gasteiger partial charge in [0.2, 0.25) is 5.91 Å². The van der Waals surface area contributed by atoms with Crippen LogP contribution >= 0.6 is 11.8 Å². The predicted molar refractivity (Wildman–Crippen MR) is 72.9 cm³/mol. The molecule has 1 fully saturated rings. The van der Waals surface area contributed by atoms with Gasteiger partial charge in [-0.05, 0) is 20.8 Å². The highest BCUT2D eigenvalue weighted by atomic mass is 32.2. The molecule has 0 bridgehead atoms. The number of hydrogen-bond donors (Lipinski definition) is 0. The van der Waals surface area contributed by atoms with E-state index in [1.165, 1.54) is 11.8 Å². The Balaban J connectivity index is 2.00. The predicted octanol–water partition coefficient (Wildman–Crippen LogP) is 0.931. The van der Waals surface area contributed by atoms with E-state index in [9.17, 15) is 4.79 Å². The van der Waals surface area contributed by atoms with Crippen LogP contribution in [0.3, 0.4) is 0 Å². The summed E-state index contributed by atoms with van der Waals surface area (Å²) >= 11 is 1.44. The van der Waals surface area contributed by atoms with Gasteiger partial charge in [0.15, 0.2) is 5.16 Å². The van der Waals surface area contributed by atoms with Crippen molar-refractivity contribution in [1.82, 2.24) is 19.7 Å². The summed E-state index contributed by atoms with van der Waals surface area (Å²) in [6.07, 6.45) is 1.74. The summed E-state index contributed by atoms with van der Waals surface area (Å²) in [5.74, 6) is 0.135. The lowest BCUT2D eigenvalue weighted by atomic mass is 10.2. The molecule has 19 heavy (non-hydrogen) atoms. The van der Waals surface area contributed by atoms with E-state index in [1.54, 1.807) is 6.33 Å². The van der Waals surface area contributed by atoms with Crippen molar-refractivity contribution in [3.8, 4) is 0 Å². The van der Waals surface area contributed by atoms with E-state index in [0.29, 0.717) is 13.2 Å². The van der Waals surface area contributed by atoms with E-state index in [-0.39, 0.29) is 23.3 Å². The average Bonchev–Trinajstić information content (AvgIpc) is 2.77. The molecule has 2 rings (SSSR count). The van der Waals surface area contributed by atoms with Crippen molar-refractivity contribution >= 4 is 17.7 Å². The van der Waals surface area contributed by atoms with Crippen LogP contribution < -0.4 is 0 Å². The van der Waals surface area contributed by atoms with Crippen LogP contribution in [0.5, 0.6) is 0 Å². The van der Waals surface area contributed by atoms with Crippen molar-refractivity contribution in [2.45, 2.75) is 43.3 Å². The molecule has 1 amide bonds. The Bertz CT molecular complexity index is 451. The van der Waals surface area contributed by atoms with Crippen LogP contribution in [0, 0.1) is 0 Å². The van der Waals surface area contributed by atoms with Crippen LogP contribution in [-0.2, 0) is 16.6 Å². The molecule has 0 radical (unpaired) electrons. The summed E-state index contributed by atoms with van der Waals surface area (Å²) in [6, 6.07) is 0.131. The number of rotatable bonds is 3. The van der Waals surface area contributed by atoms with Gasteiger partial charge >= 0.3 is 0 Å². The molecule has 0 spiro atoms. The van der Waals surface area contributed by atoms with E-state index < -0.39 is 0 Å². The van der Waals surface area contributed by atoms with Crippen molar-refractivity contribution in [2.24, 2.45) is 7.05 Å². The Labute approximate surface area is 117 Å². The molecule has 106 valence electrons. The smallest absolute Gasteiger partial charge is 0.236 e. The summed E-state index contributed by atoms with van der Waals surface area (Å²) in [5.41, 5.74) is 0. The van der Waals surface area contributed by atoms with Crippen molar-refractivity contribution in [3.05, 3.63) is 6.33 Å². The Morgan fingerprint density at radius 1 is 1.58 bits per heavy atom. The molecule has 0 saturated carbocycles. The Morgan fingerprint density at radius 2 is 2.32 bits per heavy atom. The number of ether oxygens (including phenoxy) is 1. The van der Waals surface area contributed by atoms with Gasteiger partial charge in [-0.2, -0.15) is 0 Å². The maximum atomic E-state index is 12.5. The lowest BCUT2D eigenvalue weighted by Crippen LogP contribution is -2.52. The highest BCUT2D eigenvalue weighted by Gasteiger charge is 2.31. The zero-order valence-electron chi connectivity index (χ0n) is 11.7. The van der Waals surface area contributed by atoms with E-state index >= 15 is 0 Å². The minimum Gasteiger partial charge on any atom is -0.375 e. The standard InChI is InChI=1S/C12H20N4O2S/c1-8-6-18-9(2)5-16(8)11(17)10(3)19-12-14-13-7-15(12)4/h7-10H,5-6H2,1-4H3. The fourth-order valence-electron chi connectivity index (χ4n) is 2.03. The fourth-order valence-corrected chi connectivity index (χ4v) is 2.89. The molecule has 0 aromatic carbocycles. The molecule has 3 atom stereocenters.